The van der Waals surface area contributed by atoms with Crippen molar-refractivity contribution in [3.8, 4) is 5.75 Å². The molecule has 0 saturated heterocycles. The normalized spacial score (nSPS) is 11.5. The van der Waals surface area contributed by atoms with E-state index in [1.165, 1.54) is 11.3 Å². The molecular weight excluding hydrogens is 248 g/mol. The van der Waals surface area contributed by atoms with Crippen molar-refractivity contribution in [2.75, 3.05) is 6.61 Å². The van der Waals surface area contributed by atoms with Gasteiger partial charge in [-0.1, -0.05) is 18.2 Å². The summed E-state index contributed by atoms with van der Waals surface area (Å²) in [7, 11) is 1.86. The zero-order valence-electron chi connectivity index (χ0n) is 10.1. The second-order valence-electron chi connectivity index (χ2n) is 3.71. The van der Waals surface area contributed by atoms with Crippen LogP contribution in [0.2, 0.25) is 0 Å². The number of carbonyl (C=O) groups excluding carboxylic acids is 1. The number of para-hydroxylation sites is 1. The monoisotopic (exact) mass is 262 g/mol. The smallest absolute Gasteiger partial charge is 0.251 e. The number of aromatic nitrogens is 1. The van der Waals surface area contributed by atoms with Crippen LogP contribution < -0.4 is 9.54 Å². The molecule has 0 spiro atoms. The summed E-state index contributed by atoms with van der Waals surface area (Å²) in [6.45, 7) is 0.349. The first-order chi connectivity index (χ1) is 8.75. The molecule has 5 heteroatoms. The van der Waals surface area contributed by atoms with Gasteiger partial charge in [0.2, 0.25) is 0 Å². The summed E-state index contributed by atoms with van der Waals surface area (Å²) in [5, 5.41) is 1.90. The molecule has 0 aliphatic carbocycles. The van der Waals surface area contributed by atoms with E-state index in [0.717, 1.165) is 5.75 Å². The van der Waals surface area contributed by atoms with Crippen molar-refractivity contribution in [3.63, 3.8) is 0 Å². The molecule has 0 atom stereocenters. The summed E-state index contributed by atoms with van der Waals surface area (Å²) in [4.78, 5) is 16.3. The predicted octanol–water partition coefficient (Wildman–Crippen LogP) is 1.98. The van der Waals surface area contributed by atoms with Crippen molar-refractivity contribution >= 4 is 17.2 Å². The van der Waals surface area contributed by atoms with Gasteiger partial charge in [0, 0.05) is 18.6 Å². The maximum absolute atomic E-state index is 11.6. The van der Waals surface area contributed by atoms with Crippen molar-refractivity contribution in [2.24, 2.45) is 12.0 Å². The van der Waals surface area contributed by atoms with Crippen LogP contribution in [0.25, 0.3) is 0 Å². The van der Waals surface area contributed by atoms with Gasteiger partial charge in [-0.2, -0.15) is 4.99 Å². The van der Waals surface area contributed by atoms with Crippen molar-refractivity contribution in [2.45, 2.75) is 6.42 Å². The number of carbonyl (C=O) groups is 1. The summed E-state index contributed by atoms with van der Waals surface area (Å²) >= 11 is 1.44. The van der Waals surface area contributed by atoms with Gasteiger partial charge < -0.3 is 9.30 Å². The molecule has 0 N–H and O–H groups in total. The van der Waals surface area contributed by atoms with Crippen molar-refractivity contribution in [1.29, 1.82) is 0 Å². The van der Waals surface area contributed by atoms with Crippen LogP contribution in [0.15, 0.2) is 46.9 Å². The molecule has 1 heterocycles. The minimum Gasteiger partial charge on any atom is -0.493 e. The Bertz CT molecular complexity index is 572. The van der Waals surface area contributed by atoms with E-state index in [9.17, 15) is 4.79 Å². The van der Waals surface area contributed by atoms with E-state index in [-0.39, 0.29) is 12.3 Å². The summed E-state index contributed by atoms with van der Waals surface area (Å²) in [6, 6.07) is 9.44. The first-order valence-corrected chi connectivity index (χ1v) is 6.49. The van der Waals surface area contributed by atoms with E-state index in [1.807, 2.05) is 53.5 Å². The lowest BCUT2D eigenvalue weighted by atomic mass is 10.3. The molecule has 0 aliphatic rings. The van der Waals surface area contributed by atoms with Gasteiger partial charge in [-0.25, -0.2) is 0 Å². The topological polar surface area (TPSA) is 43.6 Å². The Balaban J connectivity index is 1.85. The number of hydrogen-bond donors (Lipinski definition) is 0. The highest BCUT2D eigenvalue weighted by Gasteiger charge is 2.01. The van der Waals surface area contributed by atoms with Crippen LogP contribution in [-0.4, -0.2) is 17.1 Å². The molecule has 0 fully saturated rings. The lowest BCUT2D eigenvalue weighted by Gasteiger charge is -2.03. The van der Waals surface area contributed by atoms with Crippen LogP contribution in [0.3, 0.4) is 0 Å². The third kappa shape index (κ3) is 3.56. The highest BCUT2D eigenvalue weighted by Crippen LogP contribution is 2.08. The lowest BCUT2D eigenvalue weighted by molar-refractivity contribution is -0.118. The first-order valence-electron chi connectivity index (χ1n) is 5.61. The van der Waals surface area contributed by atoms with Gasteiger partial charge in [-0.05, 0) is 12.1 Å². The Morgan fingerprint density at radius 1 is 1.39 bits per heavy atom. The van der Waals surface area contributed by atoms with Gasteiger partial charge in [0.05, 0.1) is 13.0 Å². The van der Waals surface area contributed by atoms with Crippen molar-refractivity contribution in [3.05, 3.63) is 46.7 Å². The number of aryl methyl sites for hydroxylation is 1. The molecule has 1 aromatic carbocycles. The van der Waals surface area contributed by atoms with Crippen LogP contribution in [-0.2, 0) is 11.8 Å². The van der Waals surface area contributed by atoms with E-state index < -0.39 is 0 Å². The predicted molar refractivity (Wildman–Crippen MR) is 70.4 cm³/mol. The van der Waals surface area contributed by atoms with Crippen LogP contribution in [0.4, 0.5) is 0 Å². The fourth-order valence-electron chi connectivity index (χ4n) is 1.37. The van der Waals surface area contributed by atoms with Gasteiger partial charge in [-0.3, -0.25) is 4.79 Å². The van der Waals surface area contributed by atoms with E-state index >= 15 is 0 Å². The first kappa shape index (κ1) is 12.6. The fourth-order valence-corrected chi connectivity index (χ4v) is 2.12. The largest absolute Gasteiger partial charge is 0.493 e. The van der Waals surface area contributed by atoms with Crippen LogP contribution >= 0.6 is 11.3 Å². The fraction of sp³-hybridized carbons (Fsp3) is 0.231. The summed E-state index contributed by atoms with van der Waals surface area (Å²) in [5.41, 5.74) is 0. The molecule has 0 unspecified atom stereocenters. The minimum atomic E-state index is -0.163. The number of benzene rings is 1. The maximum atomic E-state index is 11.6. The second-order valence-corrected chi connectivity index (χ2v) is 4.59. The Kier molecular flexibility index (Phi) is 4.30. The standard InChI is InChI=1S/C13H14N2O2S/c1-15-8-10-18-13(15)14-12(16)7-9-17-11-5-3-2-4-6-11/h2-6,8,10H,7,9H2,1H3. The molecule has 0 aliphatic heterocycles. The summed E-state index contributed by atoms with van der Waals surface area (Å²) < 4.78 is 7.26. The molecule has 2 rings (SSSR count). The Morgan fingerprint density at radius 3 is 2.83 bits per heavy atom. The number of thiazole rings is 1. The quantitative estimate of drug-likeness (QED) is 0.845. The number of hydrogen-bond acceptors (Lipinski definition) is 3. The van der Waals surface area contributed by atoms with Crippen molar-refractivity contribution in [1.82, 2.24) is 4.57 Å². The van der Waals surface area contributed by atoms with Gasteiger partial charge in [0.25, 0.3) is 5.91 Å². The molecular formula is C13H14N2O2S. The lowest BCUT2D eigenvalue weighted by Crippen LogP contribution is -2.14. The average molecular weight is 262 g/mol. The van der Waals surface area contributed by atoms with E-state index in [4.69, 9.17) is 4.74 Å². The minimum absolute atomic E-state index is 0.163. The summed E-state index contributed by atoms with van der Waals surface area (Å²) in [5.74, 6) is 0.607. The molecule has 0 radical (unpaired) electrons. The molecule has 2 aromatic rings. The van der Waals surface area contributed by atoms with Gasteiger partial charge in [0.15, 0.2) is 4.80 Å². The molecule has 0 saturated carbocycles. The van der Waals surface area contributed by atoms with Gasteiger partial charge >= 0.3 is 0 Å². The van der Waals surface area contributed by atoms with Crippen molar-refractivity contribution < 1.29 is 9.53 Å². The molecule has 0 bridgehead atoms. The summed E-state index contributed by atoms with van der Waals surface area (Å²) in [6.07, 6.45) is 2.16. The molecule has 1 amide bonds. The third-order valence-electron chi connectivity index (χ3n) is 2.31. The van der Waals surface area contributed by atoms with Crippen LogP contribution in [0, 0.1) is 0 Å². The SMILES string of the molecule is Cn1ccsc1=NC(=O)CCOc1ccccc1. The highest BCUT2D eigenvalue weighted by molar-refractivity contribution is 7.07. The van der Waals surface area contributed by atoms with E-state index in [0.29, 0.717) is 11.4 Å². The number of nitrogens with zero attached hydrogens (tertiary/aromatic N) is 2. The van der Waals surface area contributed by atoms with Crippen LogP contribution in [0.1, 0.15) is 6.42 Å². The Morgan fingerprint density at radius 2 is 2.17 bits per heavy atom. The zero-order valence-corrected chi connectivity index (χ0v) is 10.9. The van der Waals surface area contributed by atoms with Gasteiger partial charge in [-0.15, -0.1) is 11.3 Å². The maximum Gasteiger partial charge on any atom is 0.251 e. The zero-order chi connectivity index (χ0) is 12.8. The second kappa shape index (κ2) is 6.16. The number of ether oxygens (including phenoxy) is 1. The molecule has 94 valence electrons. The van der Waals surface area contributed by atoms with E-state index in [1.54, 1.807) is 0 Å². The van der Waals surface area contributed by atoms with E-state index in [2.05, 4.69) is 4.99 Å². The molecule has 1 aromatic heterocycles. The highest BCUT2D eigenvalue weighted by atomic mass is 32.1. The Hall–Kier alpha value is -1.88. The third-order valence-corrected chi connectivity index (χ3v) is 3.16. The van der Waals surface area contributed by atoms with Gasteiger partial charge in [0.1, 0.15) is 5.75 Å². The Labute approximate surface area is 109 Å². The number of rotatable bonds is 4. The average Bonchev–Trinajstić information content (AvgIpc) is 2.76. The molecule has 4 nitrogen and oxygen atoms in total. The van der Waals surface area contributed by atoms with Crippen LogP contribution in [0.5, 0.6) is 5.75 Å². The number of amides is 1. The molecule has 18 heavy (non-hydrogen) atoms.